The molecule has 0 atom stereocenters. The number of rotatable bonds is 12. The lowest BCUT2D eigenvalue weighted by Gasteiger charge is -2.31. The highest BCUT2D eigenvalue weighted by molar-refractivity contribution is 6.84. The van der Waals surface area contributed by atoms with Crippen LogP contribution in [0.15, 0.2) is 12.5 Å². The quantitative estimate of drug-likeness (QED) is 0.310. The summed E-state index contributed by atoms with van der Waals surface area (Å²) in [4.78, 5) is 0. The first-order chi connectivity index (χ1) is 9.27. The van der Waals surface area contributed by atoms with Crippen molar-refractivity contribution in [3.8, 4) is 0 Å². The summed E-state index contributed by atoms with van der Waals surface area (Å²) in [6, 6.07) is 1.22. The maximum atomic E-state index is 6.31. The Morgan fingerprint density at radius 3 is 2.15 bits per heavy atom. The minimum Gasteiger partial charge on any atom is -0.501 e. The number of ether oxygens (including phenoxy) is 3. The van der Waals surface area contributed by atoms with Gasteiger partial charge in [-0.05, 0) is 45.2 Å². The lowest BCUT2D eigenvalue weighted by Crippen LogP contribution is -2.42. The molecule has 0 unspecified atom stereocenters. The third-order valence-corrected chi connectivity index (χ3v) is 8.75. The van der Waals surface area contributed by atoms with Crippen LogP contribution in [-0.2, 0) is 18.3 Å². The average molecular weight is 321 g/mol. The molecule has 20 heavy (non-hydrogen) atoms. The van der Waals surface area contributed by atoms with E-state index >= 15 is 0 Å². The normalized spacial score (nSPS) is 12.9. The molecule has 0 N–H and O–H groups in total. The van der Waals surface area contributed by atoms with E-state index in [1.807, 2.05) is 0 Å². The lowest BCUT2D eigenvalue weighted by atomic mass is 10.4. The fraction of sp³-hybridized carbons (Fsp3) is 0.857. The van der Waals surface area contributed by atoms with E-state index in [0.717, 1.165) is 13.0 Å². The standard InChI is InChI=1S/C14H32O4Si2/c1-15-10-11-17-13-12-16-9-7-8-14-20(5,6)18-19(2,3)4/h10-11H,7-9,12-14H2,1-6H3/b11-10-. The van der Waals surface area contributed by atoms with Crippen molar-refractivity contribution in [3.63, 3.8) is 0 Å². The van der Waals surface area contributed by atoms with Crippen LogP contribution in [-0.4, -0.2) is 43.6 Å². The van der Waals surface area contributed by atoms with Crippen LogP contribution in [0.5, 0.6) is 0 Å². The van der Waals surface area contributed by atoms with Gasteiger partial charge in [0.1, 0.15) is 19.1 Å². The van der Waals surface area contributed by atoms with Crippen molar-refractivity contribution < 1.29 is 18.3 Å². The molecular formula is C14H32O4Si2. The van der Waals surface area contributed by atoms with Gasteiger partial charge in [-0.2, -0.15) is 0 Å². The Balaban J connectivity index is 3.46. The molecule has 0 heterocycles. The molecule has 0 rings (SSSR count). The van der Waals surface area contributed by atoms with Crippen LogP contribution in [0.2, 0.25) is 38.8 Å². The maximum Gasteiger partial charge on any atom is 0.173 e. The van der Waals surface area contributed by atoms with Gasteiger partial charge >= 0.3 is 0 Å². The van der Waals surface area contributed by atoms with Gasteiger partial charge in [-0.3, -0.25) is 0 Å². The molecule has 0 aromatic rings. The van der Waals surface area contributed by atoms with Crippen LogP contribution >= 0.6 is 0 Å². The molecule has 4 nitrogen and oxygen atoms in total. The van der Waals surface area contributed by atoms with Gasteiger partial charge in [0.2, 0.25) is 0 Å². The van der Waals surface area contributed by atoms with E-state index in [-0.39, 0.29) is 0 Å². The summed E-state index contributed by atoms with van der Waals surface area (Å²) in [5, 5.41) is 0. The SMILES string of the molecule is CO/C=C\OCCOCCCC[Si](C)(C)O[Si](C)(C)C. The minimum atomic E-state index is -1.47. The zero-order valence-electron chi connectivity index (χ0n) is 14.0. The molecule has 0 aliphatic rings. The summed E-state index contributed by atoms with van der Waals surface area (Å²) >= 11 is 0. The van der Waals surface area contributed by atoms with Crippen molar-refractivity contribution in [2.45, 2.75) is 51.6 Å². The Hall–Kier alpha value is -0.306. The molecule has 0 aliphatic heterocycles. The minimum absolute atomic E-state index is 0.568. The summed E-state index contributed by atoms with van der Waals surface area (Å²) in [6.45, 7) is 13.4. The van der Waals surface area contributed by atoms with Gasteiger partial charge in [0.05, 0.1) is 13.7 Å². The van der Waals surface area contributed by atoms with E-state index in [1.165, 1.54) is 25.0 Å². The first-order valence-corrected chi connectivity index (χ1v) is 13.9. The Morgan fingerprint density at radius 1 is 0.850 bits per heavy atom. The van der Waals surface area contributed by atoms with Gasteiger partial charge in [-0.15, -0.1) is 0 Å². The second-order valence-electron chi connectivity index (χ2n) is 6.42. The van der Waals surface area contributed by atoms with Gasteiger partial charge in [0.15, 0.2) is 16.6 Å². The Labute approximate surface area is 126 Å². The molecular weight excluding hydrogens is 288 g/mol. The number of unbranched alkanes of at least 4 members (excludes halogenated alkanes) is 1. The van der Waals surface area contributed by atoms with Gasteiger partial charge in [0.25, 0.3) is 0 Å². The number of methoxy groups -OCH3 is 1. The molecule has 0 saturated heterocycles. The summed E-state index contributed by atoms with van der Waals surface area (Å²) in [5.41, 5.74) is 0. The van der Waals surface area contributed by atoms with E-state index < -0.39 is 16.6 Å². The summed E-state index contributed by atoms with van der Waals surface area (Å²) in [7, 11) is -1.27. The first kappa shape index (κ1) is 19.7. The Morgan fingerprint density at radius 2 is 1.55 bits per heavy atom. The van der Waals surface area contributed by atoms with Gasteiger partial charge in [0, 0.05) is 6.61 Å². The fourth-order valence-electron chi connectivity index (χ4n) is 2.01. The Kier molecular flexibility index (Phi) is 10.3. The van der Waals surface area contributed by atoms with Crippen molar-refractivity contribution in [1.82, 2.24) is 0 Å². The predicted octanol–water partition coefficient (Wildman–Crippen LogP) is 3.97. The highest BCUT2D eigenvalue weighted by Crippen LogP contribution is 2.20. The van der Waals surface area contributed by atoms with Crippen molar-refractivity contribution in [3.05, 3.63) is 12.5 Å². The molecule has 0 saturated carbocycles. The van der Waals surface area contributed by atoms with E-state index in [2.05, 4.69) is 32.7 Å². The molecule has 0 aromatic heterocycles. The second kappa shape index (κ2) is 10.4. The zero-order chi connectivity index (χ0) is 15.5. The molecule has 0 aromatic carbocycles. The van der Waals surface area contributed by atoms with Crippen molar-refractivity contribution in [2.75, 3.05) is 26.9 Å². The highest BCUT2D eigenvalue weighted by atomic mass is 28.4. The highest BCUT2D eigenvalue weighted by Gasteiger charge is 2.28. The monoisotopic (exact) mass is 320 g/mol. The molecule has 0 spiro atoms. The molecule has 6 heteroatoms. The largest absolute Gasteiger partial charge is 0.501 e. The molecule has 0 amide bonds. The van der Waals surface area contributed by atoms with Crippen LogP contribution in [0.4, 0.5) is 0 Å². The third kappa shape index (κ3) is 14.1. The number of hydrogen-bond acceptors (Lipinski definition) is 4. The van der Waals surface area contributed by atoms with Gasteiger partial charge in [-0.25, -0.2) is 0 Å². The zero-order valence-corrected chi connectivity index (χ0v) is 16.0. The smallest absolute Gasteiger partial charge is 0.173 e. The summed E-state index contributed by atoms with van der Waals surface area (Å²) < 4.78 is 21.7. The molecule has 0 radical (unpaired) electrons. The molecule has 0 aliphatic carbocycles. The van der Waals surface area contributed by atoms with E-state index in [9.17, 15) is 0 Å². The van der Waals surface area contributed by atoms with Gasteiger partial charge in [-0.1, -0.05) is 6.42 Å². The predicted molar refractivity (Wildman–Crippen MR) is 88.9 cm³/mol. The van der Waals surface area contributed by atoms with Crippen LogP contribution in [0.25, 0.3) is 0 Å². The molecule has 120 valence electrons. The van der Waals surface area contributed by atoms with Gasteiger partial charge < -0.3 is 18.3 Å². The summed E-state index contributed by atoms with van der Waals surface area (Å²) in [5.74, 6) is 0. The third-order valence-electron chi connectivity index (χ3n) is 2.53. The van der Waals surface area contributed by atoms with E-state index in [1.54, 1.807) is 7.11 Å². The maximum absolute atomic E-state index is 6.31. The van der Waals surface area contributed by atoms with Crippen LogP contribution < -0.4 is 0 Å². The van der Waals surface area contributed by atoms with Crippen molar-refractivity contribution in [1.29, 1.82) is 0 Å². The lowest BCUT2D eigenvalue weighted by molar-refractivity contribution is 0.0811. The molecule has 0 fully saturated rings. The van der Waals surface area contributed by atoms with E-state index in [4.69, 9.17) is 18.3 Å². The van der Waals surface area contributed by atoms with Crippen LogP contribution in [0, 0.1) is 0 Å². The van der Waals surface area contributed by atoms with Crippen LogP contribution in [0.3, 0.4) is 0 Å². The average Bonchev–Trinajstić information content (AvgIpc) is 2.28. The van der Waals surface area contributed by atoms with Crippen LogP contribution in [0.1, 0.15) is 12.8 Å². The first-order valence-electron chi connectivity index (χ1n) is 7.34. The number of hydrogen-bond donors (Lipinski definition) is 0. The van der Waals surface area contributed by atoms with E-state index in [0.29, 0.717) is 13.2 Å². The Bertz CT molecular complexity index is 262. The molecule has 0 bridgehead atoms. The fourth-order valence-corrected chi connectivity index (χ4v) is 10.1. The van der Waals surface area contributed by atoms with Crippen molar-refractivity contribution >= 4 is 16.6 Å². The summed E-state index contributed by atoms with van der Waals surface area (Å²) in [6.07, 6.45) is 5.32. The second-order valence-corrected chi connectivity index (χ2v) is 15.5. The van der Waals surface area contributed by atoms with Crippen molar-refractivity contribution in [2.24, 2.45) is 0 Å². The topological polar surface area (TPSA) is 36.9 Å².